The maximum atomic E-state index is 12.2. The first-order chi connectivity index (χ1) is 10.1. The number of benzene rings is 2. The zero-order chi connectivity index (χ0) is 15.2. The van der Waals surface area contributed by atoms with Crippen molar-refractivity contribution >= 4 is 27.5 Å². The second-order valence-electron chi connectivity index (χ2n) is 4.13. The number of carbonyl (C=O) groups is 1. The quantitative estimate of drug-likeness (QED) is 0.733. The van der Waals surface area contributed by atoms with E-state index in [-0.39, 0.29) is 18.3 Å². The summed E-state index contributed by atoms with van der Waals surface area (Å²) in [5.41, 5.74) is 1.49. The number of rotatable bonds is 2. The van der Waals surface area contributed by atoms with Crippen LogP contribution in [0.1, 0.15) is 15.9 Å². The summed E-state index contributed by atoms with van der Waals surface area (Å²) in [7, 11) is 0. The Morgan fingerprint density at radius 3 is 2.71 bits per heavy atom. The number of para-hydroxylation sites is 1. The molecule has 0 unspecified atom stereocenters. The molecule has 0 spiro atoms. The Morgan fingerprint density at radius 2 is 2.00 bits per heavy atom. The Hall–Kier alpha value is -2.29. The Balaban J connectivity index is 2.25. The van der Waals surface area contributed by atoms with E-state index >= 15 is 0 Å². The van der Waals surface area contributed by atoms with Gasteiger partial charge in [0.15, 0.2) is 0 Å². The molecule has 5 heteroatoms. The van der Waals surface area contributed by atoms with E-state index in [9.17, 15) is 9.90 Å². The fourth-order valence-corrected chi connectivity index (χ4v) is 1.93. The standard InChI is InChI=1S/C16H12BrNO3/c17-13-8-7-12(10-15(13)20)16(21)18-14-6-2-1-4-11(14)5-3-9-19/h1-2,4,6-8,10,19-20H,9H2,(H,18,21). The van der Waals surface area contributed by atoms with Gasteiger partial charge < -0.3 is 15.5 Å². The van der Waals surface area contributed by atoms with Crippen LogP contribution in [0.25, 0.3) is 0 Å². The van der Waals surface area contributed by atoms with Gasteiger partial charge in [0.25, 0.3) is 5.91 Å². The number of nitrogens with one attached hydrogen (secondary N) is 1. The molecule has 21 heavy (non-hydrogen) atoms. The molecule has 3 N–H and O–H groups in total. The maximum absolute atomic E-state index is 12.2. The number of aliphatic hydroxyl groups excluding tert-OH is 1. The monoisotopic (exact) mass is 345 g/mol. The van der Waals surface area contributed by atoms with Crippen molar-refractivity contribution in [3.8, 4) is 17.6 Å². The number of amides is 1. The third-order valence-corrected chi connectivity index (χ3v) is 3.36. The van der Waals surface area contributed by atoms with Crippen molar-refractivity contribution in [2.75, 3.05) is 11.9 Å². The maximum Gasteiger partial charge on any atom is 0.255 e. The van der Waals surface area contributed by atoms with Crippen molar-refractivity contribution in [3.05, 3.63) is 58.1 Å². The predicted molar refractivity (Wildman–Crippen MR) is 84.2 cm³/mol. The number of phenols is 1. The predicted octanol–water partition coefficient (Wildman–Crippen LogP) is 2.75. The van der Waals surface area contributed by atoms with Crippen LogP contribution in [0.2, 0.25) is 0 Å². The first-order valence-electron chi connectivity index (χ1n) is 6.10. The van der Waals surface area contributed by atoms with Gasteiger partial charge in [-0.3, -0.25) is 4.79 Å². The van der Waals surface area contributed by atoms with Crippen LogP contribution in [-0.2, 0) is 0 Å². The number of halogens is 1. The Kier molecular flexibility index (Phi) is 4.99. The minimum atomic E-state index is -0.351. The van der Waals surface area contributed by atoms with E-state index in [2.05, 4.69) is 33.1 Å². The molecule has 0 aromatic heterocycles. The lowest BCUT2D eigenvalue weighted by molar-refractivity contribution is 0.102. The topological polar surface area (TPSA) is 69.6 Å². The molecule has 0 saturated heterocycles. The number of hydrogen-bond donors (Lipinski definition) is 3. The number of phenolic OH excluding ortho intramolecular Hbond substituents is 1. The number of carbonyl (C=O) groups excluding carboxylic acids is 1. The molecule has 0 atom stereocenters. The van der Waals surface area contributed by atoms with Gasteiger partial charge >= 0.3 is 0 Å². The molecule has 0 aliphatic rings. The molecular weight excluding hydrogens is 334 g/mol. The van der Waals surface area contributed by atoms with Crippen molar-refractivity contribution in [1.82, 2.24) is 0 Å². The van der Waals surface area contributed by atoms with E-state index in [1.54, 1.807) is 36.4 Å². The molecule has 0 radical (unpaired) electrons. The molecule has 106 valence electrons. The molecule has 2 aromatic rings. The summed E-state index contributed by atoms with van der Waals surface area (Å²) in [6.45, 7) is -0.247. The first kappa shape index (κ1) is 15.1. The highest BCUT2D eigenvalue weighted by Crippen LogP contribution is 2.25. The molecule has 0 fully saturated rings. The summed E-state index contributed by atoms with van der Waals surface area (Å²) < 4.78 is 0.522. The van der Waals surface area contributed by atoms with Crippen LogP contribution in [0.15, 0.2) is 46.9 Å². The molecule has 4 nitrogen and oxygen atoms in total. The van der Waals surface area contributed by atoms with Crippen LogP contribution in [0.3, 0.4) is 0 Å². The Morgan fingerprint density at radius 1 is 1.24 bits per heavy atom. The second kappa shape index (κ2) is 6.93. The molecule has 2 rings (SSSR count). The summed E-state index contributed by atoms with van der Waals surface area (Å²) >= 11 is 3.16. The average Bonchev–Trinajstić information content (AvgIpc) is 2.49. The Labute approximate surface area is 130 Å². The SMILES string of the molecule is O=C(Nc1ccccc1C#CCO)c1ccc(Br)c(O)c1. The number of hydrogen-bond acceptors (Lipinski definition) is 3. The van der Waals surface area contributed by atoms with E-state index < -0.39 is 0 Å². The summed E-state index contributed by atoms with van der Waals surface area (Å²) in [5.74, 6) is 4.96. The van der Waals surface area contributed by atoms with Gasteiger partial charge in [-0.2, -0.15) is 0 Å². The van der Waals surface area contributed by atoms with Crippen LogP contribution in [0.5, 0.6) is 5.75 Å². The largest absolute Gasteiger partial charge is 0.507 e. The van der Waals surface area contributed by atoms with Crippen molar-refractivity contribution in [2.45, 2.75) is 0 Å². The van der Waals surface area contributed by atoms with Gasteiger partial charge in [0.1, 0.15) is 12.4 Å². The fourth-order valence-electron chi connectivity index (χ4n) is 1.68. The summed E-state index contributed by atoms with van der Waals surface area (Å²) in [4.78, 5) is 12.2. The lowest BCUT2D eigenvalue weighted by atomic mass is 10.1. The van der Waals surface area contributed by atoms with E-state index in [1.807, 2.05) is 0 Å². The molecule has 0 heterocycles. The summed E-state index contributed by atoms with van der Waals surface area (Å²) in [5, 5.41) is 21.1. The number of anilines is 1. The van der Waals surface area contributed by atoms with Crippen LogP contribution in [0, 0.1) is 11.8 Å². The van der Waals surface area contributed by atoms with Crippen molar-refractivity contribution in [3.63, 3.8) is 0 Å². The van der Waals surface area contributed by atoms with Crippen molar-refractivity contribution in [2.24, 2.45) is 0 Å². The zero-order valence-corrected chi connectivity index (χ0v) is 12.5. The second-order valence-corrected chi connectivity index (χ2v) is 4.98. The molecule has 0 bridgehead atoms. The third kappa shape index (κ3) is 3.85. The normalized spacial score (nSPS) is 9.62. The molecule has 2 aromatic carbocycles. The van der Waals surface area contributed by atoms with Crippen LogP contribution in [-0.4, -0.2) is 22.7 Å². The van der Waals surface area contributed by atoms with E-state index in [4.69, 9.17) is 5.11 Å². The van der Waals surface area contributed by atoms with Gasteiger partial charge in [0.05, 0.1) is 10.2 Å². The highest BCUT2D eigenvalue weighted by Gasteiger charge is 2.10. The van der Waals surface area contributed by atoms with E-state index in [0.717, 1.165) is 0 Å². The van der Waals surface area contributed by atoms with E-state index in [0.29, 0.717) is 21.3 Å². The summed E-state index contributed by atoms with van der Waals surface area (Å²) in [6, 6.07) is 11.6. The first-order valence-corrected chi connectivity index (χ1v) is 6.89. The average molecular weight is 346 g/mol. The number of aliphatic hydroxyl groups is 1. The van der Waals surface area contributed by atoms with Crippen molar-refractivity contribution in [1.29, 1.82) is 0 Å². The Bertz CT molecular complexity index is 732. The fraction of sp³-hybridized carbons (Fsp3) is 0.0625. The highest BCUT2D eigenvalue weighted by atomic mass is 79.9. The lowest BCUT2D eigenvalue weighted by Gasteiger charge is -2.08. The van der Waals surface area contributed by atoms with Gasteiger partial charge in [-0.1, -0.05) is 24.0 Å². The minimum absolute atomic E-state index is 0.00370. The van der Waals surface area contributed by atoms with Crippen molar-refractivity contribution < 1.29 is 15.0 Å². The zero-order valence-electron chi connectivity index (χ0n) is 10.9. The molecular formula is C16H12BrNO3. The molecule has 1 amide bonds. The number of aromatic hydroxyl groups is 1. The molecule has 0 saturated carbocycles. The highest BCUT2D eigenvalue weighted by molar-refractivity contribution is 9.10. The van der Waals surface area contributed by atoms with Crippen LogP contribution < -0.4 is 5.32 Å². The van der Waals surface area contributed by atoms with Crippen LogP contribution >= 0.6 is 15.9 Å². The van der Waals surface area contributed by atoms with Gasteiger partial charge in [0, 0.05) is 11.1 Å². The van der Waals surface area contributed by atoms with Crippen LogP contribution in [0.4, 0.5) is 5.69 Å². The molecule has 0 aliphatic heterocycles. The van der Waals surface area contributed by atoms with E-state index in [1.165, 1.54) is 6.07 Å². The molecule has 0 aliphatic carbocycles. The van der Waals surface area contributed by atoms with Gasteiger partial charge in [-0.15, -0.1) is 0 Å². The third-order valence-electron chi connectivity index (χ3n) is 2.69. The van der Waals surface area contributed by atoms with Gasteiger partial charge in [0.2, 0.25) is 0 Å². The smallest absolute Gasteiger partial charge is 0.255 e. The summed E-state index contributed by atoms with van der Waals surface area (Å²) in [6.07, 6.45) is 0. The van der Waals surface area contributed by atoms with Gasteiger partial charge in [-0.05, 0) is 46.3 Å². The lowest BCUT2D eigenvalue weighted by Crippen LogP contribution is -2.12. The van der Waals surface area contributed by atoms with Gasteiger partial charge in [-0.25, -0.2) is 0 Å². The minimum Gasteiger partial charge on any atom is -0.507 e.